The highest BCUT2D eigenvalue weighted by Gasteiger charge is 2.09. The normalized spacial score (nSPS) is 14.4. The Morgan fingerprint density at radius 3 is 2.43 bits per heavy atom. The van der Waals surface area contributed by atoms with Crippen molar-refractivity contribution in [2.75, 3.05) is 26.4 Å². The second-order valence-corrected chi connectivity index (χ2v) is 4.14. The van der Waals surface area contributed by atoms with Crippen molar-refractivity contribution in [1.82, 2.24) is 0 Å². The van der Waals surface area contributed by atoms with Crippen LogP contribution in [0.15, 0.2) is 0 Å². The second kappa shape index (κ2) is 7.17. The van der Waals surface area contributed by atoms with Crippen LogP contribution in [0.1, 0.15) is 27.2 Å². The summed E-state index contributed by atoms with van der Waals surface area (Å²) in [6, 6.07) is 0. The Kier molecular flexibility index (Phi) is 7.09. The maximum absolute atomic E-state index is 8.75. The summed E-state index contributed by atoms with van der Waals surface area (Å²) in [4.78, 5) is 0. The smallest absolute Gasteiger partial charge is 0.111 e. The number of aliphatic hydroxyl groups is 1. The highest BCUT2D eigenvalue weighted by atomic mass is 16.5. The van der Waals surface area contributed by atoms with Gasteiger partial charge >= 0.3 is 0 Å². The van der Waals surface area contributed by atoms with E-state index in [1.807, 2.05) is 6.92 Å². The third-order valence-corrected chi connectivity index (χ3v) is 1.77. The summed E-state index contributed by atoms with van der Waals surface area (Å²) in [5.41, 5.74) is 5.03. The Labute approximate surface area is 86.4 Å². The van der Waals surface area contributed by atoms with Crippen LogP contribution in [-0.2, 0) is 9.47 Å². The summed E-state index contributed by atoms with van der Waals surface area (Å²) in [7, 11) is 0. The van der Waals surface area contributed by atoms with Gasteiger partial charge < -0.3 is 20.3 Å². The first kappa shape index (κ1) is 13.8. The lowest BCUT2D eigenvalue weighted by Gasteiger charge is -2.19. The van der Waals surface area contributed by atoms with Gasteiger partial charge in [-0.3, -0.25) is 0 Å². The predicted molar refractivity (Wildman–Crippen MR) is 55.9 cm³/mol. The molecule has 1 unspecified atom stereocenters. The first-order valence-electron chi connectivity index (χ1n) is 5.07. The van der Waals surface area contributed by atoms with Crippen molar-refractivity contribution in [2.45, 2.75) is 32.9 Å². The number of aliphatic hydroxyl groups excluding tert-OH is 1. The van der Waals surface area contributed by atoms with Gasteiger partial charge in [-0.2, -0.15) is 0 Å². The van der Waals surface area contributed by atoms with E-state index < -0.39 is 5.72 Å². The third-order valence-electron chi connectivity index (χ3n) is 1.77. The molecule has 4 heteroatoms. The Morgan fingerprint density at radius 1 is 1.29 bits per heavy atom. The zero-order valence-electron chi connectivity index (χ0n) is 9.45. The molecule has 0 rings (SSSR count). The summed E-state index contributed by atoms with van der Waals surface area (Å²) in [5, 5.41) is 8.75. The van der Waals surface area contributed by atoms with Crippen LogP contribution in [0.25, 0.3) is 0 Å². The number of ether oxygens (including phenoxy) is 2. The molecule has 86 valence electrons. The first-order chi connectivity index (χ1) is 6.45. The van der Waals surface area contributed by atoms with Crippen molar-refractivity contribution in [3.63, 3.8) is 0 Å². The first-order valence-corrected chi connectivity index (χ1v) is 5.07. The van der Waals surface area contributed by atoms with E-state index in [9.17, 15) is 0 Å². The van der Waals surface area contributed by atoms with Crippen molar-refractivity contribution >= 4 is 0 Å². The van der Waals surface area contributed by atoms with Crippen molar-refractivity contribution in [3.05, 3.63) is 0 Å². The van der Waals surface area contributed by atoms with Gasteiger partial charge in [-0.05, 0) is 26.2 Å². The van der Waals surface area contributed by atoms with Crippen LogP contribution in [0.3, 0.4) is 0 Å². The van der Waals surface area contributed by atoms with E-state index in [1.165, 1.54) is 0 Å². The second-order valence-electron chi connectivity index (χ2n) is 4.14. The molecule has 14 heavy (non-hydrogen) atoms. The molecule has 0 bridgehead atoms. The molecule has 0 fully saturated rings. The van der Waals surface area contributed by atoms with E-state index >= 15 is 0 Å². The van der Waals surface area contributed by atoms with Gasteiger partial charge in [0.05, 0.1) is 13.2 Å². The SMILES string of the molecule is CC(CO)CCOCCOC(C)(C)N. The maximum Gasteiger partial charge on any atom is 0.111 e. The van der Waals surface area contributed by atoms with Crippen LogP contribution >= 0.6 is 0 Å². The number of hydrogen-bond acceptors (Lipinski definition) is 4. The molecule has 4 nitrogen and oxygen atoms in total. The zero-order chi connectivity index (χ0) is 11.0. The highest BCUT2D eigenvalue weighted by Crippen LogP contribution is 2.01. The van der Waals surface area contributed by atoms with Crippen LogP contribution in [0, 0.1) is 5.92 Å². The molecule has 0 spiro atoms. The fourth-order valence-corrected chi connectivity index (χ4v) is 0.842. The molecule has 1 atom stereocenters. The average molecular weight is 205 g/mol. The predicted octanol–water partition coefficient (Wildman–Crippen LogP) is 0.733. The van der Waals surface area contributed by atoms with Gasteiger partial charge in [-0.15, -0.1) is 0 Å². The minimum absolute atomic E-state index is 0.218. The highest BCUT2D eigenvalue weighted by molar-refractivity contribution is 4.55. The van der Waals surface area contributed by atoms with Gasteiger partial charge in [-0.1, -0.05) is 6.92 Å². The van der Waals surface area contributed by atoms with Crippen molar-refractivity contribution in [1.29, 1.82) is 0 Å². The van der Waals surface area contributed by atoms with E-state index in [2.05, 4.69) is 0 Å². The number of hydrogen-bond donors (Lipinski definition) is 2. The van der Waals surface area contributed by atoms with Gasteiger partial charge in [-0.25, -0.2) is 0 Å². The molecular weight excluding hydrogens is 182 g/mol. The fourth-order valence-electron chi connectivity index (χ4n) is 0.842. The molecule has 0 saturated heterocycles. The van der Waals surface area contributed by atoms with Crippen LogP contribution in [-0.4, -0.2) is 37.3 Å². The molecular formula is C10H23NO3. The molecule has 0 amide bonds. The fraction of sp³-hybridized carbons (Fsp3) is 1.00. The largest absolute Gasteiger partial charge is 0.396 e. The van der Waals surface area contributed by atoms with E-state index in [-0.39, 0.29) is 6.61 Å². The Hall–Kier alpha value is -0.160. The molecule has 3 N–H and O–H groups in total. The van der Waals surface area contributed by atoms with E-state index in [0.717, 1.165) is 6.42 Å². The molecule has 0 aromatic heterocycles. The standard InChI is InChI=1S/C10H23NO3/c1-9(8-12)4-5-13-6-7-14-10(2,3)11/h9,12H,4-8,11H2,1-3H3. The quantitative estimate of drug-likeness (QED) is 0.453. The molecule has 0 aliphatic heterocycles. The summed E-state index contributed by atoms with van der Waals surface area (Å²) in [5.74, 6) is 0.307. The molecule has 0 aliphatic rings. The van der Waals surface area contributed by atoms with Crippen molar-refractivity contribution in [3.8, 4) is 0 Å². The average Bonchev–Trinajstić information content (AvgIpc) is 2.08. The number of nitrogens with two attached hydrogens (primary N) is 1. The van der Waals surface area contributed by atoms with Crippen LogP contribution in [0.4, 0.5) is 0 Å². The van der Waals surface area contributed by atoms with Crippen LogP contribution in [0.2, 0.25) is 0 Å². The van der Waals surface area contributed by atoms with E-state index in [1.54, 1.807) is 13.8 Å². The van der Waals surface area contributed by atoms with Crippen molar-refractivity contribution < 1.29 is 14.6 Å². The molecule has 0 aliphatic carbocycles. The van der Waals surface area contributed by atoms with Crippen LogP contribution in [0.5, 0.6) is 0 Å². The summed E-state index contributed by atoms with van der Waals surface area (Å²) in [6.07, 6.45) is 0.877. The summed E-state index contributed by atoms with van der Waals surface area (Å²) < 4.78 is 10.6. The van der Waals surface area contributed by atoms with Crippen LogP contribution < -0.4 is 5.73 Å². The van der Waals surface area contributed by atoms with Gasteiger partial charge in [0.15, 0.2) is 0 Å². The topological polar surface area (TPSA) is 64.7 Å². The molecule has 0 heterocycles. The zero-order valence-corrected chi connectivity index (χ0v) is 9.45. The molecule has 0 aromatic rings. The molecule has 0 aromatic carbocycles. The monoisotopic (exact) mass is 205 g/mol. The lowest BCUT2D eigenvalue weighted by Crippen LogP contribution is -2.36. The van der Waals surface area contributed by atoms with Crippen molar-refractivity contribution in [2.24, 2.45) is 11.7 Å². The summed E-state index contributed by atoms with van der Waals surface area (Å²) in [6.45, 7) is 7.55. The minimum Gasteiger partial charge on any atom is -0.396 e. The maximum atomic E-state index is 8.75. The van der Waals surface area contributed by atoms with E-state index in [0.29, 0.717) is 25.7 Å². The third kappa shape index (κ3) is 9.92. The lowest BCUT2D eigenvalue weighted by atomic mass is 10.1. The molecule has 0 saturated carbocycles. The van der Waals surface area contributed by atoms with Gasteiger partial charge in [0.2, 0.25) is 0 Å². The van der Waals surface area contributed by atoms with Gasteiger partial charge in [0.1, 0.15) is 5.72 Å². The molecule has 0 radical (unpaired) electrons. The van der Waals surface area contributed by atoms with Gasteiger partial charge in [0.25, 0.3) is 0 Å². The number of rotatable bonds is 8. The van der Waals surface area contributed by atoms with Gasteiger partial charge in [0, 0.05) is 13.2 Å². The Morgan fingerprint density at radius 2 is 1.93 bits per heavy atom. The Bertz CT molecular complexity index is 134. The Balaban J connectivity index is 3.14. The minimum atomic E-state index is -0.582. The van der Waals surface area contributed by atoms with E-state index in [4.69, 9.17) is 20.3 Å². The lowest BCUT2D eigenvalue weighted by molar-refractivity contribution is -0.0434. The summed E-state index contributed by atoms with van der Waals surface area (Å²) >= 11 is 0.